The Balaban J connectivity index is 1.34. The Labute approximate surface area is 187 Å². The van der Waals surface area contributed by atoms with Crippen molar-refractivity contribution in [3.05, 3.63) is 77.7 Å². The number of ether oxygens (including phenoxy) is 1. The molecular weight excluding hydrogens is 430 g/mol. The summed E-state index contributed by atoms with van der Waals surface area (Å²) in [6.07, 6.45) is 4.29. The van der Waals surface area contributed by atoms with Crippen molar-refractivity contribution >= 4 is 15.9 Å². The van der Waals surface area contributed by atoms with Gasteiger partial charge < -0.3 is 14.5 Å². The van der Waals surface area contributed by atoms with E-state index in [1.807, 2.05) is 30.3 Å². The lowest BCUT2D eigenvalue weighted by Crippen LogP contribution is -2.35. The van der Waals surface area contributed by atoms with Gasteiger partial charge in [0.05, 0.1) is 0 Å². The standard InChI is InChI=1S/C23H25N3O5S/c27-23(20-9-10-22(31-20)32(28,29)26-13-5-2-6-14-26)25-16-19-11-12-24-21(15-19)30-17-18-7-3-1-4-8-18/h1,3-4,7-12,15H,2,5-6,13-14,16-17H2,(H,25,27). The number of hydrogen-bond donors (Lipinski definition) is 1. The average molecular weight is 456 g/mol. The van der Waals surface area contributed by atoms with E-state index in [-0.39, 0.29) is 17.4 Å². The Bertz CT molecular complexity index is 1160. The SMILES string of the molecule is O=C(NCc1ccnc(OCc2ccccc2)c1)c1ccc(S(=O)(=O)N2CCCCC2)o1. The second kappa shape index (κ2) is 9.97. The average Bonchev–Trinajstić information content (AvgIpc) is 3.34. The van der Waals surface area contributed by atoms with Gasteiger partial charge in [-0.2, -0.15) is 4.31 Å². The minimum Gasteiger partial charge on any atom is -0.473 e. The first-order chi connectivity index (χ1) is 15.5. The number of aromatic nitrogens is 1. The lowest BCUT2D eigenvalue weighted by Gasteiger charge is -2.24. The molecule has 9 heteroatoms. The molecule has 32 heavy (non-hydrogen) atoms. The summed E-state index contributed by atoms with van der Waals surface area (Å²) in [6, 6.07) is 16.0. The Morgan fingerprint density at radius 1 is 1.03 bits per heavy atom. The van der Waals surface area contributed by atoms with Crippen LogP contribution in [-0.2, 0) is 23.2 Å². The van der Waals surface area contributed by atoms with Crippen LogP contribution in [0.4, 0.5) is 0 Å². The fraction of sp³-hybridized carbons (Fsp3) is 0.304. The fourth-order valence-corrected chi connectivity index (χ4v) is 4.88. The molecule has 1 amide bonds. The number of nitrogens with one attached hydrogen (secondary N) is 1. The molecule has 0 radical (unpaired) electrons. The summed E-state index contributed by atoms with van der Waals surface area (Å²) in [7, 11) is -3.71. The van der Waals surface area contributed by atoms with Gasteiger partial charge in [-0.25, -0.2) is 13.4 Å². The van der Waals surface area contributed by atoms with Gasteiger partial charge in [0.25, 0.3) is 15.9 Å². The minimum atomic E-state index is -3.71. The maximum Gasteiger partial charge on any atom is 0.287 e. The molecule has 1 N–H and O–H groups in total. The van der Waals surface area contributed by atoms with E-state index in [0.717, 1.165) is 30.4 Å². The quantitative estimate of drug-likeness (QED) is 0.559. The van der Waals surface area contributed by atoms with E-state index in [2.05, 4.69) is 10.3 Å². The van der Waals surface area contributed by atoms with Crippen molar-refractivity contribution in [2.75, 3.05) is 13.1 Å². The van der Waals surface area contributed by atoms with E-state index in [1.54, 1.807) is 18.3 Å². The number of sulfonamides is 1. The topological polar surface area (TPSA) is 102 Å². The third kappa shape index (κ3) is 5.35. The zero-order valence-corrected chi connectivity index (χ0v) is 18.4. The van der Waals surface area contributed by atoms with Crippen LogP contribution < -0.4 is 10.1 Å². The van der Waals surface area contributed by atoms with Crippen molar-refractivity contribution < 1.29 is 22.4 Å². The molecule has 1 aliphatic heterocycles. The van der Waals surface area contributed by atoms with Gasteiger partial charge in [0.15, 0.2) is 5.76 Å². The van der Waals surface area contributed by atoms with Crippen LogP contribution in [-0.4, -0.2) is 36.7 Å². The number of rotatable bonds is 8. The first-order valence-electron chi connectivity index (χ1n) is 10.5. The number of hydrogen-bond acceptors (Lipinski definition) is 6. The molecule has 1 saturated heterocycles. The Hall–Kier alpha value is -3.17. The second-order valence-corrected chi connectivity index (χ2v) is 9.41. The number of nitrogens with zero attached hydrogens (tertiary/aromatic N) is 2. The van der Waals surface area contributed by atoms with Crippen molar-refractivity contribution in [1.82, 2.24) is 14.6 Å². The number of pyridine rings is 1. The smallest absolute Gasteiger partial charge is 0.287 e. The van der Waals surface area contributed by atoms with Crippen LogP contribution in [0.5, 0.6) is 5.88 Å². The highest BCUT2D eigenvalue weighted by Crippen LogP contribution is 2.22. The Kier molecular flexibility index (Phi) is 6.87. The van der Waals surface area contributed by atoms with Gasteiger partial charge in [-0.3, -0.25) is 4.79 Å². The highest BCUT2D eigenvalue weighted by Gasteiger charge is 2.29. The first-order valence-corrected chi connectivity index (χ1v) is 12.0. The van der Waals surface area contributed by atoms with Gasteiger partial charge in [0, 0.05) is 31.9 Å². The predicted molar refractivity (Wildman–Crippen MR) is 117 cm³/mol. The van der Waals surface area contributed by atoms with Crippen LogP contribution in [0.25, 0.3) is 0 Å². The molecule has 1 fully saturated rings. The summed E-state index contributed by atoms with van der Waals surface area (Å²) in [5.41, 5.74) is 1.82. The van der Waals surface area contributed by atoms with E-state index in [4.69, 9.17) is 9.15 Å². The maximum atomic E-state index is 12.7. The lowest BCUT2D eigenvalue weighted by atomic mass is 10.2. The molecule has 0 unspecified atom stereocenters. The fourth-order valence-electron chi connectivity index (χ4n) is 3.45. The van der Waals surface area contributed by atoms with Crippen molar-refractivity contribution in [3.63, 3.8) is 0 Å². The van der Waals surface area contributed by atoms with Gasteiger partial charge in [0.1, 0.15) is 6.61 Å². The van der Waals surface area contributed by atoms with Crippen molar-refractivity contribution in [1.29, 1.82) is 0 Å². The van der Waals surface area contributed by atoms with E-state index in [1.165, 1.54) is 16.4 Å². The van der Waals surface area contributed by atoms with Crippen LogP contribution in [0.3, 0.4) is 0 Å². The zero-order chi connectivity index (χ0) is 22.4. The van der Waals surface area contributed by atoms with E-state index < -0.39 is 15.9 Å². The normalized spacial score (nSPS) is 14.8. The Morgan fingerprint density at radius 2 is 1.81 bits per heavy atom. The largest absolute Gasteiger partial charge is 0.473 e. The molecule has 0 spiro atoms. The number of carbonyl (C=O) groups excluding carboxylic acids is 1. The van der Waals surface area contributed by atoms with Gasteiger partial charge in [-0.15, -0.1) is 0 Å². The second-order valence-electron chi connectivity index (χ2n) is 7.54. The summed E-state index contributed by atoms with van der Waals surface area (Å²) in [4.78, 5) is 16.7. The highest BCUT2D eigenvalue weighted by molar-refractivity contribution is 7.89. The van der Waals surface area contributed by atoms with Crippen LogP contribution in [0, 0.1) is 0 Å². The van der Waals surface area contributed by atoms with Gasteiger partial charge in [-0.1, -0.05) is 36.8 Å². The summed E-state index contributed by atoms with van der Waals surface area (Å²) in [5, 5.41) is 2.53. The summed E-state index contributed by atoms with van der Waals surface area (Å²) < 4.78 is 37.9. The molecule has 0 atom stereocenters. The molecule has 0 saturated carbocycles. The molecule has 0 bridgehead atoms. The number of benzene rings is 1. The third-order valence-corrected chi connectivity index (χ3v) is 6.97. The van der Waals surface area contributed by atoms with Crippen LogP contribution in [0.1, 0.15) is 40.9 Å². The van der Waals surface area contributed by atoms with Crippen molar-refractivity contribution in [3.8, 4) is 5.88 Å². The molecule has 4 rings (SSSR count). The number of furan rings is 1. The van der Waals surface area contributed by atoms with E-state index in [0.29, 0.717) is 25.6 Å². The van der Waals surface area contributed by atoms with Gasteiger partial charge in [-0.05, 0) is 42.2 Å². The van der Waals surface area contributed by atoms with Gasteiger partial charge in [0.2, 0.25) is 11.0 Å². The van der Waals surface area contributed by atoms with Crippen LogP contribution in [0.15, 0.2) is 70.3 Å². The molecule has 1 aromatic carbocycles. The molecule has 0 aliphatic carbocycles. The first kappa shape index (κ1) is 22.0. The molecule has 3 aromatic rings. The van der Waals surface area contributed by atoms with Crippen molar-refractivity contribution in [2.24, 2.45) is 0 Å². The summed E-state index contributed by atoms with van der Waals surface area (Å²) in [5.74, 6) is -0.0858. The number of piperidine rings is 1. The molecule has 1 aliphatic rings. The minimum absolute atomic E-state index is 0.0461. The predicted octanol–water partition coefficient (Wildman–Crippen LogP) is 3.36. The zero-order valence-electron chi connectivity index (χ0n) is 17.6. The molecule has 2 aromatic heterocycles. The molecule has 3 heterocycles. The molecule has 8 nitrogen and oxygen atoms in total. The van der Waals surface area contributed by atoms with E-state index >= 15 is 0 Å². The molecule has 168 valence electrons. The lowest BCUT2D eigenvalue weighted by molar-refractivity contribution is 0.0917. The summed E-state index contributed by atoms with van der Waals surface area (Å²) >= 11 is 0. The summed E-state index contributed by atoms with van der Waals surface area (Å²) in [6.45, 7) is 1.56. The number of amides is 1. The van der Waals surface area contributed by atoms with Crippen LogP contribution >= 0.6 is 0 Å². The Morgan fingerprint density at radius 3 is 2.59 bits per heavy atom. The maximum absolute atomic E-state index is 12.7. The monoisotopic (exact) mass is 455 g/mol. The van der Waals surface area contributed by atoms with Gasteiger partial charge >= 0.3 is 0 Å². The number of carbonyl (C=O) groups is 1. The van der Waals surface area contributed by atoms with Crippen LogP contribution in [0.2, 0.25) is 0 Å². The van der Waals surface area contributed by atoms with Crippen molar-refractivity contribution in [2.45, 2.75) is 37.5 Å². The highest BCUT2D eigenvalue weighted by atomic mass is 32.2. The van der Waals surface area contributed by atoms with E-state index in [9.17, 15) is 13.2 Å². The molecular formula is C23H25N3O5S. The third-order valence-electron chi connectivity index (χ3n) is 5.20.